The van der Waals surface area contributed by atoms with Crippen LogP contribution in [0, 0.1) is 11.3 Å². The molecule has 8 nitrogen and oxygen atoms in total. The Morgan fingerprint density at radius 1 is 1.17 bits per heavy atom. The number of thioether (sulfide) groups is 1. The lowest BCUT2D eigenvalue weighted by molar-refractivity contribution is -0.115. The highest BCUT2D eigenvalue weighted by Gasteiger charge is 2.19. The third-order valence-corrected chi connectivity index (χ3v) is 4.97. The molecule has 29 heavy (non-hydrogen) atoms. The summed E-state index contributed by atoms with van der Waals surface area (Å²) < 4.78 is 1.74. The molecule has 1 atom stereocenters. The van der Waals surface area contributed by atoms with E-state index < -0.39 is 5.25 Å². The van der Waals surface area contributed by atoms with Gasteiger partial charge in [-0.3, -0.25) is 14.2 Å². The van der Waals surface area contributed by atoms with E-state index in [0.717, 1.165) is 5.69 Å². The van der Waals surface area contributed by atoms with Crippen molar-refractivity contribution in [1.82, 2.24) is 14.8 Å². The van der Waals surface area contributed by atoms with Crippen molar-refractivity contribution in [3.63, 3.8) is 0 Å². The van der Waals surface area contributed by atoms with Crippen LogP contribution in [-0.4, -0.2) is 31.8 Å². The van der Waals surface area contributed by atoms with E-state index in [1.165, 1.54) is 18.7 Å². The van der Waals surface area contributed by atoms with Crippen molar-refractivity contribution in [2.45, 2.75) is 24.3 Å². The molecule has 1 unspecified atom stereocenters. The molecule has 0 saturated heterocycles. The number of anilines is 2. The van der Waals surface area contributed by atoms with E-state index in [1.807, 2.05) is 12.1 Å². The van der Waals surface area contributed by atoms with Crippen LogP contribution in [0.15, 0.2) is 60.0 Å². The number of hydrogen-bond acceptors (Lipinski definition) is 6. The van der Waals surface area contributed by atoms with Crippen LogP contribution in [0.3, 0.4) is 0 Å². The molecule has 0 aliphatic carbocycles. The van der Waals surface area contributed by atoms with Crippen LogP contribution < -0.4 is 10.6 Å². The predicted molar refractivity (Wildman–Crippen MR) is 111 cm³/mol. The zero-order chi connectivity index (χ0) is 20.8. The summed E-state index contributed by atoms with van der Waals surface area (Å²) in [6.45, 7) is 3.19. The molecule has 0 bridgehead atoms. The first-order chi connectivity index (χ1) is 14.0. The fourth-order valence-corrected chi connectivity index (χ4v) is 3.40. The molecule has 3 rings (SSSR count). The van der Waals surface area contributed by atoms with Gasteiger partial charge in [-0.1, -0.05) is 30.0 Å². The van der Waals surface area contributed by atoms with Gasteiger partial charge in [-0.2, -0.15) is 5.26 Å². The van der Waals surface area contributed by atoms with Gasteiger partial charge in [0, 0.05) is 12.6 Å². The minimum Gasteiger partial charge on any atom is -0.326 e. The SMILES string of the molecule is CC(=O)Nc1cccc(-n2cnnc2SC(C)C(=O)Nc2ccccc2C#N)c1. The van der Waals surface area contributed by atoms with Crippen molar-refractivity contribution in [3.8, 4) is 11.8 Å². The van der Waals surface area contributed by atoms with Gasteiger partial charge in [-0.15, -0.1) is 10.2 Å². The maximum absolute atomic E-state index is 12.6. The summed E-state index contributed by atoms with van der Waals surface area (Å²) in [5, 5.41) is 22.8. The number of para-hydroxylation sites is 1. The third-order valence-electron chi connectivity index (χ3n) is 3.92. The van der Waals surface area contributed by atoms with E-state index in [-0.39, 0.29) is 11.8 Å². The molecule has 9 heteroatoms. The summed E-state index contributed by atoms with van der Waals surface area (Å²) in [6, 6.07) is 16.1. The van der Waals surface area contributed by atoms with Gasteiger partial charge in [-0.25, -0.2) is 0 Å². The van der Waals surface area contributed by atoms with Crippen molar-refractivity contribution in [2.75, 3.05) is 10.6 Å². The standard InChI is InChI=1S/C20H18N6O2S/c1-13(19(28)24-18-9-4-3-6-15(18)11-21)29-20-25-22-12-26(20)17-8-5-7-16(10-17)23-14(2)27/h3-10,12-13H,1-2H3,(H,23,27)(H,24,28). The molecule has 2 aromatic carbocycles. The molecule has 2 N–H and O–H groups in total. The van der Waals surface area contributed by atoms with Crippen LogP contribution in [0.4, 0.5) is 11.4 Å². The molecule has 0 spiro atoms. The Morgan fingerprint density at radius 3 is 2.72 bits per heavy atom. The molecule has 1 heterocycles. The first-order valence-corrected chi connectivity index (χ1v) is 9.60. The van der Waals surface area contributed by atoms with Gasteiger partial charge in [0.05, 0.1) is 22.2 Å². The second-order valence-corrected chi connectivity index (χ2v) is 7.43. The lowest BCUT2D eigenvalue weighted by atomic mass is 10.2. The Morgan fingerprint density at radius 2 is 1.97 bits per heavy atom. The maximum Gasteiger partial charge on any atom is 0.237 e. The van der Waals surface area contributed by atoms with Crippen molar-refractivity contribution < 1.29 is 9.59 Å². The minimum atomic E-state index is -0.483. The Labute approximate surface area is 172 Å². The maximum atomic E-state index is 12.6. The highest BCUT2D eigenvalue weighted by atomic mass is 32.2. The molecule has 3 aromatic rings. The summed E-state index contributed by atoms with van der Waals surface area (Å²) >= 11 is 1.24. The molecule has 0 saturated carbocycles. The topological polar surface area (TPSA) is 113 Å². The number of benzene rings is 2. The quantitative estimate of drug-likeness (QED) is 0.608. The molecular weight excluding hydrogens is 388 g/mol. The number of aromatic nitrogens is 3. The highest BCUT2D eigenvalue weighted by molar-refractivity contribution is 8.00. The van der Waals surface area contributed by atoms with Crippen LogP contribution >= 0.6 is 11.8 Å². The third kappa shape index (κ3) is 5.00. The van der Waals surface area contributed by atoms with Crippen LogP contribution in [0.2, 0.25) is 0 Å². The molecule has 2 amide bonds. The van der Waals surface area contributed by atoms with E-state index in [1.54, 1.807) is 54.2 Å². The Hall–Kier alpha value is -3.64. The second-order valence-electron chi connectivity index (χ2n) is 6.12. The molecular formula is C20H18N6O2S. The van der Waals surface area contributed by atoms with Crippen LogP contribution in [-0.2, 0) is 9.59 Å². The largest absolute Gasteiger partial charge is 0.326 e. The van der Waals surface area contributed by atoms with Crippen LogP contribution in [0.1, 0.15) is 19.4 Å². The van der Waals surface area contributed by atoms with Gasteiger partial charge in [0.2, 0.25) is 11.8 Å². The monoisotopic (exact) mass is 406 g/mol. The fraction of sp³-hybridized carbons (Fsp3) is 0.150. The summed E-state index contributed by atoms with van der Waals surface area (Å²) in [7, 11) is 0. The van der Waals surface area contributed by atoms with Gasteiger partial charge >= 0.3 is 0 Å². The first kappa shape index (κ1) is 20.1. The zero-order valence-electron chi connectivity index (χ0n) is 15.8. The normalized spacial score (nSPS) is 11.3. The smallest absolute Gasteiger partial charge is 0.237 e. The Balaban J connectivity index is 1.75. The molecule has 146 valence electrons. The highest BCUT2D eigenvalue weighted by Crippen LogP contribution is 2.26. The van der Waals surface area contributed by atoms with Crippen LogP contribution in [0.25, 0.3) is 5.69 Å². The number of rotatable bonds is 6. The van der Waals surface area contributed by atoms with E-state index in [4.69, 9.17) is 5.26 Å². The summed E-state index contributed by atoms with van der Waals surface area (Å²) in [5.74, 6) is -0.414. The van der Waals surface area contributed by atoms with Crippen molar-refractivity contribution in [1.29, 1.82) is 5.26 Å². The molecule has 0 radical (unpaired) electrons. The van der Waals surface area contributed by atoms with E-state index >= 15 is 0 Å². The van der Waals surface area contributed by atoms with Gasteiger partial charge < -0.3 is 10.6 Å². The Bertz CT molecular complexity index is 1090. The van der Waals surface area contributed by atoms with Gasteiger partial charge in [0.15, 0.2) is 5.16 Å². The molecule has 0 aliphatic heterocycles. The van der Waals surface area contributed by atoms with Gasteiger partial charge in [0.25, 0.3) is 0 Å². The number of nitrogens with zero attached hydrogens (tertiary/aromatic N) is 4. The number of carbonyl (C=O) groups is 2. The lowest BCUT2D eigenvalue weighted by Gasteiger charge is -2.13. The van der Waals surface area contributed by atoms with E-state index in [0.29, 0.717) is 22.1 Å². The van der Waals surface area contributed by atoms with Gasteiger partial charge in [-0.05, 0) is 37.3 Å². The van der Waals surface area contributed by atoms with Crippen molar-refractivity contribution in [3.05, 3.63) is 60.4 Å². The lowest BCUT2D eigenvalue weighted by Crippen LogP contribution is -2.23. The van der Waals surface area contributed by atoms with Crippen LogP contribution in [0.5, 0.6) is 0 Å². The number of amides is 2. The average Bonchev–Trinajstić information content (AvgIpc) is 3.16. The van der Waals surface area contributed by atoms with Crippen molar-refractivity contribution >= 4 is 35.0 Å². The van der Waals surface area contributed by atoms with E-state index in [2.05, 4.69) is 26.9 Å². The first-order valence-electron chi connectivity index (χ1n) is 8.72. The summed E-state index contributed by atoms with van der Waals surface area (Å²) in [5.41, 5.74) is 2.28. The second kappa shape index (κ2) is 9.03. The predicted octanol–water partition coefficient (Wildman–Crippen LogP) is 3.22. The fourth-order valence-electron chi connectivity index (χ4n) is 2.55. The molecule has 0 fully saturated rings. The van der Waals surface area contributed by atoms with E-state index in [9.17, 15) is 9.59 Å². The summed E-state index contributed by atoms with van der Waals surface area (Å²) in [4.78, 5) is 23.9. The number of carbonyl (C=O) groups excluding carboxylic acids is 2. The van der Waals surface area contributed by atoms with Crippen molar-refractivity contribution in [2.24, 2.45) is 0 Å². The zero-order valence-corrected chi connectivity index (χ0v) is 16.6. The number of nitrogens with one attached hydrogen (secondary N) is 2. The Kier molecular flexibility index (Phi) is 6.26. The number of hydrogen-bond donors (Lipinski definition) is 2. The minimum absolute atomic E-state index is 0.163. The summed E-state index contributed by atoms with van der Waals surface area (Å²) in [6.07, 6.45) is 1.55. The molecule has 1 aromatic heterocycles. The average molecular weight is 406 g/mol. The van der Waals surface area contributed by atoms with Gasteiger partial charge in [0.1, 0.15) is 12.4 Å². The number of nitriles is 1. The molecule has 0 aliphatic rings.